The Morgan fingerprint density at radius 1 is 1.67 bits per heavy atom. The molecule has 0 spiro atoms. The predicted octanol–water partition coefficient (Wildman–Crippen LogP) is -1.62. The van der Waals surface area contributed by atoms with Crippen LogP contribution in [0.5, 0.6) is 0 Å². The average molecular weight is 263 g/mol. The summed E-state index contributed by atoms with van der Waals surface area (Å²) in [5.41, 5.74) is 0. The van der Waals surface area contributed by atoms with Gasteiger partial charge in [0.2, 0.25) is 0 Å². The molecule has 0 rings (SSSR count). The monoisotopic (exact) mass is 265 g/mol. The summed E-state index contributed by atoms with van der Waals surface area (Å²) in [6.07, 6.45) is 0. The molecule has 6 heavy (non-hydrogen) atoms. The number of carboxylic acid groups (broad SMARTS) is 1. The molecule has 0 saturated heterocycles. The SMILES string of the molecule is O=C(O)[AsH].[AlH3].[Cd]. The molecule has 0 aromatic heterocycles. The Morgan fingerprint density at radius 2 is 1.67 bits per heavy atom. The second kappa shape index (κ2) is 9.70. The molecular weight excluding hydrogens is 258 g/mol. The van der Waals surface area contributed by atoms with Crippen molar-refractivity contribution in [1.82, 2.24) is 0 Å². The van der Waals surface area contributed by atoms with Crippen molar-refractivity contribution in [2.45, 2.75) is 0 Å². The van der Waals surface area contributed by atoms with Gasteiger partial charge < -0.3 is 0 Å². The van der Waals surface area contributed by atoms with Gasteiger partial charge in [-0.15, -0.1) is 0 Å². The van der Waals surface area contributed by atoms with Gasteiger partial charge >= 0.3 is 31.5 Å². The number of rotatable bonds is 0. The molecule has 0 fully saturated rings. The van der Waals surface area contributed by atoms with Gasteiger partial charge in [0.05, 0.1) is 0 Å². The van der Waals surface area contributed by atoms with E-state index in [9.17, 15) is 0 Å². The summed E-state index contributed by atoms with van der Waals surface area (Å²) in [5, 5.41) is 7.42. The molecular formula is CH5AlAsCdO2. The summed E-state index contributed by atoms with van der Waals surface area (Å²) < 4.78 is -0.833. The molecule has 0 aromatic rings. The Labute approximate surface area is 75.5 Å². The van der Waals surface area contributed by atoms with Gasteiger partial charge in [-0.05, 0) is 0 Å². The molecule has 0 amide bonds. The minimum atomic E-state index is -0.833. The van der Waals surface area contributed by atoms with Crippen LogP contribution in [0.4, 0.5) is 4.79 Å². The van der Waals surface area contributed by atoms with Gasteiger partial charge in [0, 0.05) is 27.3 Å². The summed E-state index contributed by atoms with van der Waals surface area (Å²) >= 11 is 1.08. The summed E-state index contributed by atoms with van der Waals surface area (Å²) in [4.78, 5) is 9.00. The van der Waals surface area contributed by atoms with Crippen LogP contribution >= 0.6 is 0 Å². The summed E-state index contributed by atoms with van der Waals surface area (Å²) in [5.74, 6) is 0. The Hall–Kier alpha value is 1.48. The van der Waals surface area contributed by atoms with E-state index in [0.29, 0.717) is 0 Å². The van der Waals surface area contributed by atoms with E-state index in [1.807, 2.05) is 0 Å². The zero-order valence-electron chi connectivity index (χ0n) is 2.56. The van der Waals surface area contributed by atoms with Crippen LogP contribution in [0.15, 0.2) is 0 Å². The Morgan fingerprint density at radius 3 is 1.67 bits per heavy atom. The van der Waals surface area contributed by atoms with Gasteiger partial charge in [-0.1, -0.05) is 0 Å². The number of hydrogen-bond acceptors (Lipinski definition) is 1. The smallest absolute Gasteiger partial charge is 0 e. The molecule has 31 valence electrons. The van der Waals surface area contributed by atoms with Crippen LogP contribution in [0.3, 0.4) is 0 Å². The fraction of sp³-hybridized carbons (Fsp3) is 0. The second-order valence-electron chi connectivity index (χ2n) is 0.305. The normalized spacial score (nSPS) is 4.17. The van der Waals surface area contributed by atoms with Crippen molar-refractivity contribution < 1.29 is 37.2 Å². The first-order valence-corrected chi connectivity index (χ1v) is 1.73. The quantitative estimate of drug-likeness (QED) is 0.533. The fourth-order valence-electron chi connectivity index (χ4n) is 0. The maximum atomic E-state index is 9.00. The molecule has 0 heterocycles. The average Bonchev–Trinajstić information content (AvgIpc) is 0.811. The standard InChI is InChI=1S/CH2AsO2.Al.Cd.3H/c2-1(3)4;;;;;/h2H,(H,3,4);;;;;. The maximum Gasteiger partial charge on any atom is 0.187 e. The van der Waals surface area contributed by atoms with E-state index in [1.54, 1.807) is 0 Å². The fourth-order valence-corrected chi connectivity index (χ4v) is 0. The molecule has 0 aliphatic heterocycles. The largest absolute Gasteiger partial charge is 0.187 e. The molecule has 0 saturated carbocycles. The van der Waals surface area contributed by atoms with Crippen molar-refractivity contribution in [2.24, 2.45) is 0 Å². The maximum absolute atomic E-state index is 9.00. The molecule has 2 nitrogen and oxygen atoms in total. The van der Waals surface area contributed by atoms with Crippen molar-refractivity contribution in [3.05, 3.63) is 0 Å². The topological polar surface area (TPSA) is 37.3 Å². The first-order chi connectivity index (χ1) is 1.73. The van der Waals surface area contributed by atoms with E-state index in [4.69, 9.17) is 9.90 Å². The molecule has 0 aliphatic carbocycles. The van der Waals surface area contributed by atoms with Gasteiger partial charge in [0.1, 0.15) is 0 Å². The summed E-state index contributed by atoms with van der Waals surface area (Å²) in [6.45, 7) is 0. The van der Waals surface area contributed by atoms with Crippen LogP contribution in [-0.2, 0) is 27.3 Å². The van der Waals surface area contributed by atoms with Gasteiger partial charge in [0.25, 0.3) is 0 Å². The van der Waals surface area contributed by atoms with Crippen molar-refractivity contribution >= 4 is 39.0 Å². The van der Waals surface area contributed by atoms with Crippen LogP contribution < -0.4 is 0 Å². The minimum Gasteiger partial charge on any atom is 0 e. The predicted molar refractivity (Wildman–Crippen MR) is 25.1 cm³/mol. The molecule has 1 N–H and O–H groups in total. The first kappa shape index (κ1) is 15.6. The van der Waals surface area contributed by atoms with Gasteiger partial charge in [-0.3, -0.25) is 0 Å². The van der Waals surface area contributed by atoms with Crippen LogP contribution in [0.1, 0.15) is 0 Å². The van der Waals surface area contributed by atoms with E-state index >= 15 is 0 Å². The van der Waals surface area contributed by atoms with Crippen LogP contribution in [0.25, 0.3) is 0 Å². The van der Waals surface area contributed by atoms with E-state index < -0.39 is 4.76 Å². The Kier molecular flexibility index (Phi) is 25.3. The van der Waals surface area contributed by atoms with E-state index in [-0.39, 0.29) is 44.7 Å². The van der Waals surface area contributed by atoms with Crippen molar-refractivity contribution in [3.63, 3.8) is 0 Å². The van der Waals surface area contributed by atoms with Crippen LogP contribution in [-0.4, -0.2) is 44.1 Å². The van der Waals surface area contributed by atoms with E-state index in [0.717, 1.165) is 16.9 Å². The van der Waals surface area contributed by atoms with Gasteiger partial charge in [-0.2, -0.15) is 0 Å². The Bertz CT molecular complexity index is 36.5. The molecule has 0 aromatic carbocycles. The molecule has 0 bridgehead atoms. The first-order valence-electron chi connectivity index (χ1n) is 0.678. The Balaban J connectivity index is -0.0000000450. The van der Waals surface area contributed by atoms with Gasteiger partial charge in [0.15, 0.2) is 17.4 Å². The minimum absolute atomic E-state index is 0. The summed E-state index contributed by atoms with van der Waals surface area (Å²) in [7, 11) is 0. The number of carbonyl (C=O) groups is 1. The van der Waals surface area contributed by atoms with Gasteiger partial charge in [-0.25, -0.2) is 0 Å². The zero-order chi connectivity index (χ0) is 3.58. The molecule has 0 unspecified atom stereocenters. The number of hydrogen-bond donors (Lipinski definition) is 1. The molecule has 5 heteroatoms. The second-order valence-corrected chi connectivity index (χ2v) is 1.20. The third-order valence-corrected chi connectivity index (χ3v) is 0. The summed E-state index contributed by atoms with van der Waals surface area (Å²) in [6, 6.07) is 0. The van der Waals surface area contributed by atoms with Crippen LogP contribution in [0.2, 0.25) is 0 Å². The van der Waals surface area contributed by atoms with Crippen molar-refractivity contribution in [3.8, 4) is 0 Å². The molecule has 0 aliphatic rings. The van der Waals surface area contributed by atoms with Crippen molar-refractivity contribution in [1.29, 1.82) is 0 Å². The molecule has 0 atom stereocenters. The third-order valence-electron chi connectivity index (χ3n) is 0. The van der Waals surface area contributed by atoms with Crippen molar-refractivity contribution in [2.75, 3.05) is 0 Å². The van der Waals surface area contributed by atoms with E-state index in [2.05, 4.69) is 0 Å². The van der Waals surface area contributed by atoms with E-state index in [1.165, 1.54) is 0 Å². The third kappa shape index (κ3) is 50.1. The van der Waals surface area contributed by atoms with Crippen LogP contribution in [0, 0.1) is 0 Å². The zero-order valence-corrected chi connectivity index (χ0v) is 8.70. The molecule has 1 radical (unpaired) electrons.